The maximum absolute atomic E-state index is 5.30. The van der Waals surface area contributed by atoms with E-state index < -0.39 is 0 Å². The molecule has 1 aliphatic rings. The summed E-state index contributed by atoms with van der Waals surface area (Å²) in [4.78, 5) is 18.5. The molecule has 0 spiro atoms. The van der Waals surface area contributed by atoms with E-state index in [1.165, 1.54) is 46.0 Å². The SMILES string of the molecule is c1ccc(CN(Cc2ccccc2)c2ncnc3c2sc2nc(-c4ccccc4)c4c(c23)CCCC4)cc1. The van der Waals surface area contributed by atoms with Gasteiger partial charge in [0.05, 0.1) is 15.9 Å². The van der Waals surface area contributed by atoms with Crippen molar-refractivity contribution in [2.24, 2.45) is 0 Å². The van der Waals surface area contributed by atoms with Crippen LogP contribution in [0.4, 0.5) is 5.82 Å². The van der Waals surface area contributed by atoms with Crippen molar-refractivity contribution in [2.45, 2.75) is 38.8 Å². The number of fused-ring (bicyclic) bond motifs is 5. The third kappa shape index (κ3) is 4.23. The van der Waals surface area contributed by atoms with Crippen molar-refractivity contribution in [1.82, 2.24) is 15.0 Å². The molecule has 1 aliphatic carbocycles. The zero-order valence-electron chi connectivity index (χ0n) is 21.2. The van der Waals surface area contributed by atoms with Crippen molar-refractivity contribution in [3.8, 4) is 11.3 Å². The topological polar surface area (TPSA) is 41.9 Å². The van der Waals surface area contributed by atoms with Gasteiger partial charge in [-0.1, -0.05) is 91.0 Å². The minimum Gasteiger partial charge on any atom is -0.347 e. The summed E-state index contributed by atoms with van der Waals surface area (Å²) in [5.74, 6) is 0.983. The molecular weight excluding hydrogens is 484 g/mol. The summed E-state index contributed by atoms with van der Waals surface area (Å²) in [5.41, 5.74) is 8.75. The number of hydrogen-bond donors (Lipinski definition) is 0. The molecule has 0 fully saturated rings. The Bertz CT molecular complexity index is 1670. The Morgan fingerprint density at radius 3 is 1.95 bits per heavy atom. The highest BCUT2D eigenvalue weighted by atomic mass is 32.1. The monoisotopic (exact) mass is 512 g/mol. The molecule has 0 aliphatic heterocycles. The van der Waals surface area contributed by atoms with Gasteiger partial charge < -0.3 is 4.90 Å². The molecule has 0 N–H and O–H groups in total. The smallest absolute Gasteiger partial charge is 0.150 e. The second-order valence-electron chi connectivity index (χ2n) is 9.98. The second kappa shape index (κ2) is 9.99. The molecule has 38 heavy (non-hydrogen) atoms. The van der Waals surface area contributed by atoms with Crippen molar-refractivity contribution < 1.29 is 0 Å². The first-order chi connectivity index (χ1) is 18.8. The lowest BCUT2D eigenvalue weighted by atomic mass is 9.87. The van der Waals surface area contributed by atoms with Gasteiger partial charge in [-0.05, 0) is 47.9 Å². The second-order valence-corrected chi connectivity index (χ2v) is 11.0. The molecule has 186 valence electrons. The molecule has 6 aromatic rings. The van der Waals surface area contributed by atoms with Crippen molar-refractivity contribution in [3.05, 3.63) is 120 Å². The average Bonchev–Trinajstić information content (AvgIpc) is 3.37. The van der Waals surface area contributed by atoms with Crippen LogP contribution in [0, 0.1) is 0 Å². The maximum atomic E-state index is 5.30. The molecule has 7 rings (SSSR count). The van der Waals surface area contributed by atoms with E-state index in [-0.39, 0.29) is 0 Å². The summed E-state index contributed by atoms with van der Waals surface area (Å²) in [7, 11) is 0. The van der Waals surface area contributed by atoms with Gasteiger partial charge in [0.25, 0.3) is 0 Å². The molecule has 3 aromatic carbocycles. The van der Waals surface area contributed by atoms with Gasteiger partial charge in [-0.15, -0.1) is 11.3 Å². The van der Waals surface area contributed by atoms with Crippen molar-refractivity contribution in [1.29, 1.82) is 0 Å². The number of aryl methyl sites for hydroxylation is 1. The number of pyridine rings is 1. The van der Waals surface area contributed by atoms with E-state index in [4.69, 9.17) is 15.0 Å². The van der Waals surface area contributed by atoms with E-state index in [9.17, 15) is 0 Å². The largest absolute Gasteiger partial charge is 0.347 e. The summed E-state index contributed by atoms with van der Waals surface area (Å²) in [5, 5.41) is 1.24. The molecule has 0 amide bonds. The molecular formula is C33H28N4S. The van der Waals surface area contributed by atoms with Crippen LogP contribution >= 0.6 is 11.3 Å². The number of benzene rings is 3. The lowest BCUT2D eigenvalue weighted by Crippen LogP contribution is -2.23. The highest BCUT2D eigenvalue weighted by molar-refractivity contribution is 7.26. The minimum absolute atomic E-state index is 0.775. The van der Waals surface area contributed by atoms with Gasteiger partial charge in [-0.2, -0.15) is 0 Å². The minimum atomic E-state index is 0.775. The number of nitrogens with zero attached hydrogens (tertiary/aromatic N) is 4. The van der Waals surface area contributed by atoms with Crippen LogP contribution < -0.4 is 4.90 Å². The fraction of sp³-hybridized carbons (Fsp3) is 0.182. The van der Waals surface area contributed by atoms with Crippen LogP contribution in [0.2, 0.25) is 0 Å². The Balaban J connectivity index is 1.42. The van der Waals surface area contributed by atoms with Gasteiger partial charge in [-0.3, -0.25) is 0 Å². The zero-order chi connectivity index (χ0) is 25.3. The van der Waals surface area contributed by atoms with Crippen LogP contribution in [0.25, 0.3) is 31.7 Å². The summed E-state index contributed by atoms with van der Waals surface area (Å²) < 4.78 is 1.12. The van der Waals surface area contributed by atoms with Crippen LogP contribution in [0.1, 0.15) is 35.1 Å². The van der Waals surface area contributed by atoms with Crippen molar-refractivity contribution in [3.63, 3.8) is 0 Å². The third-order valence-electron chi connectivity index (χ3n) is 7.48. The predicted octanol–water partition coefficient (Wildman–Crippen LogP) is 7.99. The van der Waals surface area contributed by atoms with E-state index in [1.807, 2.05) is 0 Å². The molecule has 0 saturated carbocycles. The Labute approximate surface area is 226 Å². The van der Waals surface area contributed by atoms with E-state index in [0.29, 0.717) is 0 Å². The summed E-state index contributed by atoms with van der Waals surface area (Å²) in [6.45, 7) is 1.55. The van der Waals surface area contributed by atoms with Crippen molar-refractivity contribution >= 4 is 37.6 Å². The molecule has 0 unspecified atom stereocenters. The first kappa shape index (κ1) is 23.1. The lowest BCUT2D eigenvalue weighted by molar-refractivity contribution is 0.689. The van der Waals surface area contributed by atoms with Crippen LogP contribution in [0.5, 0.6) is 0 Å². The first-order valence-electron chi connectivity index (χ1n) is 13.3. The van der Waals surface area contributed by atoms with E-state index in [0.717, 1.165) is 52.5 Å². The molecule has 0 atom stereocenters. The lowest BCUT2D eigenvalue weighted by Gasteiger charge is -2.24. The molecule has 0 bridgehead atoms. The summed E-state index contributed by atoms with van der Waals surface area (Å²) in [6.07, 6.45) is 6.32. The van der Waals surface area contributed by atoms with Gasteiger partial charge in [0.2, 0.25) is 0 Å². The van der Waals surface area contributed by atoms with Gasteiger partial charge in [0, 0.05) is 24.0 Å². The molecule has 3 aromatic heterocycles. The van der Waals surface area contributed by atoms with Crippen LogP contribution in [-0.2, 0) is 25.9 Å². The van der Waals surface area contributed by atoms with Crippen molar-refractivity contribution in [2.75, 3.05) is 4.90 Å². The van der Waals surface area contributed by atoms with E-state index >= 15 is 0 Å². The Kier molecular flexibility index (Phi) is 6.06. The van der Waals surface area contributed by atoms with Gasteiger partial charge in [-0.25, -0.2) is 15.0 Å². The van der Waals surface area contributed by atoms with E-state index in [1.54, 1.807) is 17.7 Å². The fourth-order valence-electron chi connectivity index (χ4n) is 5.72. The van der Waals surface area contributed by atoms with Gasteiger partial charge >= 0.3 is 0 Å². The zero-order valence-corrected chi connectivity index (χ0v) is 22.0. The highest BCUT2D eigenvalue weighted by Crippen LogP contribution is 2.43. The van der Waals surface area contributed by atoms with E-state index in [2.05, 4.69) is 95.9 Å². The maximum Gasteiger partial charge on any atom is 0.150 e. The summed E-state index contributed by atoms with van der Waals surface area (Å²) in [6, 6.07) is 31.9. The van der Waals surface area contributed by atoms with Crippen LogP contribution in [-0.4, -0.2) is 15.0 Å². The number of rotatable bonds is 6. The molecule has 0 radical (unpaired) electrons. The highest BCUT2D eigenvalue weighted by Gasteiger charge is 2.25. The standard InChI is InChI=1S/C33H28N4S/c1-4-12-23(13-5-1)20-37(21-24-14-6-2-7-15-24)32-31-30(34-22-35-32)28-26-18-10-11-19-27(26)29(36-33(28)38-31)25-16-8-3-9-17-25/h1-9,12-17,22H,10-11,18-21H2. The number of anilines is 1. The number of thiophene rings is 1. The van der Waals surface area contributed by atoms with Gasteiger partial charge in [0.1, 0.15) is 11.2 Å². The molecule has 5 heteroatoms. The van der Waals surface area contributed by atoms with Crippen LogP contribution in [0.15, 0.2) is 97.3 Å². The molecule has 4 nitrogen and oxygen atoms in total. The molecule has 3 heterocycles. The number of hydrogen-bond acceptors (Lipinski definition) is 5. The van der Waals surface area contributed by atoms with Gasteiger partial charge in [0.15, 0.2) is 5.82 Å². The molecule has 0 saturated heterocycles. The first-order valence-corrected chi connectivity index (χ1v) is 14.1. The fourth-order valence-corrected chi connectivity index (χ4v) is 6.90. The van der Waals surface area contributed by atoms with Crippen LogP contribution in [0.3, 0.4) is 0 Å². The average molecular weight is 513 g/mol. The third-order valence-corrected chi connectivity index (χ3v) is 8.55. The predicted molar refractivity (Wildman–Crippen MR) is 158 cm³/mol. The number of aromatic nitrogens is 3. The Morgan fingerprint density at radius 1 is 0.684 bits per heavy atom. The Hall–Kier alpha value is -4.09. The quantitative estimate of drug-likeness (QED) is 0.227. The summed E-state index contributed by atoms with van der Waals surface area (Å²) >= 11 is 1.74. The Morgan fingerprint density at radius 2 is 1.29 bits per heavy atom. The normalized spacial score (nSPS) is 13.1.